The Morgan fingerprint density at radius 2 is 2.40 bits per heavy atom. The third-order valence-electron chi connectivity index (χ3n) is 1.86. The van der Waals surface area contributed by atoms with E-state index in [1.807, 2.05) is 4.90 Å². The van der Waals surface area contributed by atoms with E-state index in [1.165, 1.54) is 0 Å². The van der Waals surface area contributed by atoms with Gasteiger partial charge in [-0.3, -0.25) is 4.90 Å². The third kappa shape index (κ3) is 2.23. The van der Waals surface area contributed by atoms with Crippen LogP contribution in [0.5, 0.6) is 0 Å². The number of rotatable bonds is 2. The highest BCUT2D eigenvalue weighted by Gasteiger charge is 2.17. The Morgan fingerprint density at radius 3 is 3.00 bits per heavy atom. The topological polar surface area (TPSA) is 23.5 Å². The molecule has 1 fully saturated rings. The summed E-state index contributed by atoms with van der Waals surface area (Å²) in [5, 5.41) is 8.54. The first kappa shape index (κ1) is 7.95. The van der Waals surface area contributed by atoms with Crippen LogP contribution < -0.4 is 0 Å². The molecule has 0 spiro atoms. The van der Waals surface area contributed by atoms with E-state index in [0.717, 1.165) is 13.0 Å². The number of aliphatic hydroxyl groups is 1. The first-order chi connectivity index (χ1) is 4.83. The molecule has 3 heteroatoms. The van der Waals surface area contributed by atoms with Gasteiger partial charge in [0.15, 0.2) is 0 Å². The van der Waals surface area contributed by atoms with Crippen LogP contribution >= 0.6 is 0 Å². The number of likely N-dealkylation sites (tertiary alicyclic amines) is 1. The van der Waals surface area contributed by atoms with Crippen molar-refractivity contribution in [3.8, 4) is 0 Å². The molecule has 0 aliphatic carbocycles. The highest BCUT2D eigenvalue weighted by molar-refractivity contribution is 4.71. The summed E-state index contributed by atoms with van der Waals surface area (Å²) in [7, 11) is 0. The van der Waals surface area contributed by atoms with Gasteiger partial charge in [0.25, 0.3) is 0 Å². The molecule has 0 aromatic carbocycles. The molecule has 0 saturated carbocycles. The molecule has 1 N–H and O–H groups in total. The molecule has 0 bridgehead atoms. The van der Waals surface area contributed by atoms with E-state index in [2.05, 4.69) is 0 Å². The minimum absolute atomic E-state index is 0.146. The summed E-state index contributed by atoms with van der Waals surface area (Å²) in [6, 6.07) is 0. The molecule has 1 atom stereocenters. The number of halogens is 1. The highest BCUT2D eigenvalue weighted by atomic mass is 19.1. The van der Waals surface area contributed by atoms with Gasteiger partial charge in [-0.1, -0.05) is 0 Å². The Hall–Kier alpha value is -0.150. The zero-order valence-electron chi connectivity index (χ0n) is 6.09. The summed E-state index contributed by atoms with van der Waals surface area (Å²) < 4.78 is 12.6. The van der Waals surface area contributed by atoms with E-state index < -0.39 is 6.17 Å². The quantitative estimate of drug-likeness (QED) is 0.611. The zero-order valence-corrected chi connectivity index (χ0v) is 6.09. The van der Waals surface area contributed by atoms with Gasteiger partial charge in [-0.2, -0.15) is 0 Å². The molecule has 0 radical (unpaired) electrons. The van der Waals surface area contributed by atoms with E-state index in [4.69, 9.17) is 5.11 Å². The zero-order chi connectivity index (χ0) is 7.40. The summed E-state index contributed by atoms with van der Waals surface area (Å²) in [6.45, 7) is 2.23. The van der Waals surface area contributed by atoms with Gasteiger partial charge >= 0.3 is 0 Å². The third-order valence-corrected chi connectivity index (χ3v) is 1.86. The lowest BCUT2D eigenvalue weighted by Gasteiger charge is -2.27. The van der Waals surface area contributed by atoms with Crippen LogP contribution in [0.1, 0.15) is 12.8 Å². The summed E-state index contributed by atoms with van der Waals surface area (Å²) in [5.41, 5.74) is 0. The van der Waals surface area contributed by atoms with E-state index in [1.54, 1.807) is 0 Å². The summed E-state index contributed by atoms with van der Waals surface area (Å²) >= 11 is 0. The monoisotopic (exact) mass is 147 g/mol. The maximum atomic E-state index is 12.6. The maximum Gasteiger partial charge on any atom is 0.113 e. The second-order valence-corrected chi connectivity index (χ2v) is 2.76. The molecule has 2 nitrogen and oxygen atoms in total. The fraction of sp³-hybridized carbons (Fsp3) is 1.00. The van der Waals surface area contributed by atoms with Crippen LogP contribution in [0, 0.1) is 0 Å². The standard InChI is InChI=1S/C7H14FNO/c8-7-2-1-3-9(6-7)4-5-10/h7,10H,1-6H2/t7-/m0/s1. The molecule has 0 unspecified atom stereocenters. The molecule has 1 heterocycles. The van der Waals surface area contributed by atoms with Gasteiger partial charge in [0.05, 0.1) is 6.61 Å². The highest BCUT2D eigenvalue weighted by Crippen LogP contribution is 2.11. The van der Waals surface area contributed by atoms with Gasteiger partial charge in [-0.05, 0) is 19.4 Å². The van der Waals surface area contributed by atoms with Gasteiger partial charge in [-0.25, -0.2) is 4.39 Å². The smallest absolute Gasteiger partial charge is 0.113 e. The Balaban J connectivity index is 2.18. The molecule has 1 rings (SSSR count). The molecule has 0 aromatic heterocycles. The number of hydrogen-bond donors (Lipinski definition) is 1. The first-order valence-corrected chi connectivity index (χ1v) is 3.80. The molecule has 0 amide bonds. The molecule has 1 aliphatic heterocycles. The summed E-state index contributed by atoms with van der Waals surface area (Å²) in [6.07, 6.45) is 0.962. The maximum absolute atomic E-state index is 12.6. The van der Waals surface area contributed by atoms with Gasteiger partial charge in [0.2, 0.25) is 0 Å². The Morgan fingerprint density at radius 1 is 1.60 bits per heavy atom. The van der Waals surface area contributed by atoms with Crippen molar-refractivity contribution in [1.29, 1.82) is 0 Å². The Labute approximate surface area is 60.6 Å². The largest absolute Gasteiger partial charge is 0.395 e. The van der Waals surface area contributed by atoms with Crippen LogP contribution in [0.2, 0.25) is 0 Å². The Bertz CT molecular complexity index is 97.6. The van der Waals surface area contributed by atoms with Crippen molar-refractivity contribution in [3.05, 3.63) is 0 Å². The van der Waals surface area contributed by atoms with Crippen LogP contribution in [0.15, 0.2) is 0 Å². The average Bonchev–Trinajstić information content (AvgIpc) is 1.88. The normalized spacial score (nSPS) is 28.8. The van der Waals surface area contributed by atoms with E-state index in [-0.39, 0.29) is 6.61 Å². The van der Waals surface area contributed by atoms with Crippen molar-refractivity contribution in [2.75, 3.05) is 26.2 Å². The lowest BCUT2D eigenvalue weighted by molar-refractivity contribution is 0.116. The van der Waals surface area contributed by atoms with Gasteiger partial charge in [-0.15, -0.1) is 0 Å². The van der Waals surface area contributed by atoms with Gasteiger partial charge in [0.1, 0.15) is 6.17 Å². The SMILES string of the molecule is OCCN1CCC[C@H](F)C1. The van der Waals surface area contributed by atoms with E-state index in [9.17, 15) is 4.39 Å². The van der Waals surface area contributed by atoms with Crippen molar-refractivity contribution in [3.63, 3.8) is 0 Å². The fourth-order valence-electron chi connectivity index (χ4n) is 1.34. The minimum Gasteiger partial charge on any atom is -0.395 e. The number of aliphatic hydroxyl groups excluding tert-OH is 1. The fourth-order valence-corrected chi connectivity index (χ4v) is 1.34. The molecule has 1 aliphatic rings. The van der Waals surface area contributed by atoms with E-state index >= 15 is 0 Å². The number of piperidine rings is 1. The molecular weight excluding hydrogens is 133 g/mol. The number of hydrogen-bond acceptors (Lipinski definition) is 2. The minimum atomic E-state index is -0.666. The second-order valence-electron chi connectivity index (χ2n) is 2.76. The van der Waals surface area contributed by atoms with Crippen molar-refractivity contribution in [2.45, 2.75) is 19.0 Å². The molecule has 0 aromatic rings. The van der Waals surface area contributed by atoms with Crippen molar-refractivity contribution in [2.24, 2.45) is 0 Å². The predicted molar refractivity (Wildman–Crippen MR) is 37.7 cm³/mol. The van der Waals surface area contributed by atoms with E-state index in [0.29, 0.717) is 19.5 Å². The summed E-state index contributed by atoms with van der Waals surface area (Å²) in [5.74, 6) is 0. The average molecular weight is 147 g/mol. The molecule has 1 saturated heterocycles. The van der Waals surface area contributed by atoms with Crippen LogP contribution in [-0.4, -0.2) is 42.4 Å². The lowest BCUT2D eigenvalue weighted by atomic mass is 10.1. The van der Waals surface area contributed by atoms with Crippen LogP contribution in [0.25, 0.3) is 0 Å². The van der Waals surface area contributed by atoms with Crippen LogP contribution in [0.4, 0.5) is 4.39 Å². The number of nitrogens with zero attached hydrogens (tertiary/aromatic N) is 1. The van der Waals surface area contributed by atoms with Crippen LogP contribution in [0.3, 0.4) is 0 Å². The van der Waals surface area contributed by atoms with Crippen molar-refractivity contribution >= 4 is 0 Å². The number of alkyl halides is 1. The second kappa shape index (κ2) is 3.88. The first-order valence-electron chi connectivity index (χ1n) is 3.80. The Kier molecular flexibility index (Phi) is 3.09. The lowest BCUT2D eigenvalue weighted by Crippen LogP contribution is -2.37. The van der Waals surface area contributed by atoms with Gasteiger partial charge < -0.3 is 5.11 Å². The molecule has 10 heavy (non-hydrogen) atoms. The van der Waals surface area contributed by atoms with Crippen LogP contribution in [-0.2, 0) is 0 Å². The summed E-state index contributed by atoms with van der Waals surface area (Å²) in [4.78, 5) is 1.97. The number of β-amino-alcohol motifs (C(OH)–C–C–N with tert-alkyl or cyclic N) is 1. The molecular formula is C7H14FNO. The van der Waals surface area contributed by atoms with Crippen molar-refractivity contribution < 1.29 is 9.50 Å². The van der Waals surface area contributed by atoms with Gasteiger partial charge in [0, 0.05) is 13.1 Å². The predicted octanol–water partition coefficient (Wildman–Crippen LogP) is 0.413. The van der Waals surface area contributed by atoms with Crippen molar-refractivity contribution in [1.82, 2.24) is 4.90 Å². The molecule has 60 valence electrons.